The van der Waals surface area contributed by atoms with E-state index < -0.39 is 23.8 Å². The minimum atomic E-state index is -0.831. The molecule has 1 aromatic rings. The maximum Gasteiger partial charge on any atom is 0.332 e. The Morgan fingerprint density at radius 1 is 1.30 bits per heavy atom. The number of anilines is 1. The van der Waals surface area contributed by atoms with Crippen molar-refractivity contribution < 1.29 is 19.1 Å². The molecule has 1 fully saturated rings. The number of amides is 3. The van der Waals surface area contributed by atoms with Crippen LogP contribution in [0.4, 0.5) is 14.9 Å². The number of carbonyl (C=O) groups is 2. The molecule has 0 aliphatic carbocycles. The number of fused-ring (bicyclic) bond motifs is 1. The van der Waals surface area contributed by atoms with Gasteiger partial charge in [-0.05, 0) is 12.5 Å². The van der Waals surface area contributed by atoms with Gasteiger partial charge in [-0.25, -0.2) is 14.1 Å². The first-order valence-corrected chi connectivity index (χ1v) is 6.36. The number of hydrogen-bond acceptors (Lipinski definition) is 3. The summed E-state index contributed by atoms with van der Waals surface area (Å²) < 4.78 is 13.9. The number of aromatic hydroxyl groups is 1. The molecule has 20 heavy (non-hydrogen) atoms. The van der Waals surface area contributed by atoms with Crippen molar-refractivity contribution in [3.63, 3.8) is 0 Å². The fourth-order valence-corrected chi connectivity index (χ4v) is 2.55. The van der Waals surface area contributed by atoms with Crippen LogP contribution in [-0.4, -0.2) is 34.5 Å². The molecular formula is C13H10ClFN2O3. The smallest absolute Gasteiger partial charge is 0.332 e. The fraction of sp³-hybridized carbons (Fsp3) is 0.231. The zero-order valence-electron chi connectivity index (χ0n) is 10.2. The second kappa shape index (κ2) is 4.49. The Bertz CT molecular complexity index is 621. The number of benzene rings is 1. The van der Waals surface area contributed by atoms with E-state index in [1.807, 2.05) is 6.08 Å². The van der Waals surface area contributed by atoms with E-state index in [2.05, 4.69) is 0 Å². The van der Waals surface area contributed by atoms with Gasteiger partial charge in [0.2, 0.25) is 0 Å². The summed E-state index contributed by atoms with van der Waals surface area (Å²) >= 11 is 5.59. The number of halogens is 2. The van der Waals surface area contributed by atoms with E-state index in [9.17, 15) is 19.1 Å². The number of imide groups is 1. The Morgan fingerprint density at radius 2 is 2.05 bits per heavy atom. The van der Waals surface area contributed by atoms with Crippen LogP contribution in [0.2, 0.25) is 5.02 Å². The summed E-state index contributed by atoms with van der Waals surface area (Å²) in [4.78, 5) is 26.6. The molecule has 3 amide bonds. The molecule has 5 nitrogen and oxygen atoms in total. The fourth-order valence-electron chi connectivity index (χ4n) is 2.40. The Balaban J connectivity index is 2.05. The van der Waals surface area contributed by atoms with Crippen molar-refractivity contribution in [1.29, 1.82) is 0 Å². The van der Waals surface area contributed by atoms with Crippen LogP contribution in [0.1, 0.15) is 6.42 Å². The predicted molar refractivity (Wildman–Crippen MR) is 70.2 cm³/mol. The van der Waals surface area contributed by atoms with Crippen LogP contribution < -0.4 is 4.90 Å². The van der Waals surface area contributed by atoms with E-state index in [-0.39, 0.29) is 16.5 Å². The maximum atomic E-state index is 13.9. The van der Waals surface area contributed by atoms with Crippen molar-refractivity contribution >= 4 is 29.2 Å². The number of nitrogens with zero attached hydrogens (tertiary/aromatic N) is 2. The molecule has 2 heterocycles. The third kappa shape index (κ3) is 1.76. The second-order valence-corrected chi connectivity index (χ2v) is 4.99. The lowest BCUT2D eigenvalue weighted by atomic mass is 10.1. The van der Waals surface area contributed by atoms with Gasteiger partial charge in [0.25, 0.3) is 5.91 Å². The van der Waals surface area contributed by atoms with Gasteiger partial charge in [-0.15, -0.1) is 0 Å². The highest BCUT2D eigenvalue weighted by atomic mass is 35.5. The van der Waals surface area contributed by atoms with Crippen LogP contribution in [0.15, 0.2) is 24.3 Å². The number of phenolic OH excluding ortho intramolecular Hbond substituents is 1. The van der Waals surface area contributed by atoms with Gasteiger partial charge in [-0.2, -0.15) is 0 Å². The van der Waals surface area contributed by atoms with Crippen LogP contribution in [0, 0.1) is 5.82 Å². The maximum absolute atomic E-state index is 13.9. The highest BCUT2D eigenvalue weighted by Gasteiger charge is 2.46. The highest BCUT2D eigenvalue weighted by Crippen LogP contribution is 2.35. The van der Waals surface area contributed by atoms with Crippen LogP contribution in [0.5, 0.6) is 5.75 Å². The van der Waals surface area contributed by atoms with Gasteiger partial charge < -0.3 is 10.0 Å². The number of rotatable bonds is 1. The first-order valence-electron chi connectivity index (χ1n) is 5.98. The molecule has 1 atom stereocenters. The average Bonchev–Trinajstić information content (AvgIpc) is 2.68. The lowest BCUT2D eigenvalue weighted by Gasteiger charge is -2.22. The quantitative estimate of drug-likeness (QED) is 0.639. The van der Waals surface area contributed by atoms with Gasteiger partial charge in [-0.1, -0.05) is 23.8 Å². The third-order valence-electron chi connectivity index (χ3n) is 3.40. The van der Waals surface area contributed by atoms with Crippen molar-refractivity contribution in [2.45, 2.75) is 12.5 Å². The van der Waals surface area contributed by atoms with Crippen LogP contribution >= 0.6 is 11.6 Å². The first-order chi connectivity index (χ1) is 9.50. The molecule has 1 aromatic carbocycles. The second-order valence-electron chi connectivity index (χ2n) is 4.59. The lowest BCUT2D eigenvalue weighted by Crippen LogP contribution is -2.37. The molecule has 1 unspecified atom stereocenters. The van der Waals surface area contributed by atoms with Gasteiger partial charge in [0.1, 0.15) is 17.6 Å². The summed E-state index contributed by atoms with van der Waals surface area (Å²) in [5.74, 6) is -1.71. The van der Waals surface area contributed by atoms with Crippen molar-refractivity contribution in [3.8, 4) is 5.75 Å². The van der Waals surface area contributed by atoms with Crippen LogP contribution in [0.25, 0.3) is 0 Å². The number of hydrogen-bond donors (Lipinski definition) is 1. The monoisotopic (exact) mass is 296 g/mol. The number of urea groups is 1. The van der Waals surface area contributed by atoms with E-state index in [0.717, 1.165) is 17.0 Å². The Labute approximate surface area is 118 Å². The predicted octanol–water partition coefficient (Wildman–Crippen LogP) is 2.28. The van der Waals surface area contributed by atoms with E-state index >= 15 is 0 Å². The molecule has 0 bridgehead atoms. The number of carbonyl (C=O) groups excluding carboxylic acids is 2. The minimum Gasteiger partial charge on any atom is -0.506 e. The third-order valence-corrected chi connectivity index (χ3v) is 3.71. The highest BCUT2D eigenvalue weighted by molar-refractivity contribution is 6.32. The Morgan fingerprint density at radius 3 is 2.75 bits per heavy atom. The SMILES string of the molecule is O=C1C2CC=CCN2C(=O)N1c1cc(O)c(Cl)cc1F. The Hall–Kier alpha value is -2.08. The summed E-state index contributed by atoms with van der Waals surface area (Å²) in [5.41, 5.74) is -0.281. The largest absolute Gasteiger partial charge is 0.506 e. The molecular weight excluding hydrogens is 287 g/mol. The molecule has 2 aliphatic rings. The van der Waals surface area contributed by atoms with Gasteiger partial charge in [0.15, 0.2) is 0 Å². The zero-order valence-corrected chi connectivity index (χ0v) is 11.0. The van der Waals surface area contributed by atoms with Crippen LogP contribution in [0.3, 0.4) is 0 Å². The summed E-state index contributed by atoms with van der Waals surface area (Å²) in [6.07, 6.45) is 3.99. The standard InChI is InChI=1S/C13H10ClFN2O3/c14-7-5-8(15)10(6-11(7)18)17-12(19)9-3-1-2-4-16(9)13(17)20/h1-2,5-6,9,18H,3-4H2. The van der Waals surface area contributed by atoms with E-state index in [0.29, 0.717) is 13.0 Å². The van der Waals surface area contributed by atoms with Gasteiger partial charge in [-0.3, -0.25) is 4.79 Å². The Kier molecular flexibility index (Phi) is 2.90. The topological polar surface area (TPSA) is 60.9 Å². The van der Waals surface area contributed by atoms with E-state index in [1.54, 1.807) is 6.08 Å². The summed E-state index contributed by atoms with van der Waals surface area (Å²) in [6.45, 7) is 0.312. The van der Waals surface area contributed by atoms with Gasteiger partial charge >= 0.3 is 6.03 Å². The zero-order chi connectivity index (χ0) is 14.4. The molecule has 0 radical (unpaired) electrons. The normalized spacial score (nSPS) is 21.6. The van der Waals surface area contributed by atoms with E-state index in [4.69, 9.17) is 11.6 Å². The average molecular weight is 297 g/mol. The molecule has 2 aliphatic heterocycles. The molecule has 0 aromatic heterocycles. The van der Waals surface area contributed by atoms with Crippen molar-refractivity contribution in [2.24, 2.45) is 0 Å². The van der Waals surface area contributed by atoms with Crippen molar-refractivity contribution in [3.05, 3.63) is 35.1 Å². The van der Waals surface area contributed by atoms with E-state index in [1.165, 1.54) is 4.90 Å². The molecule has 1 N–H and O–H groups in total. The number of phenols is 1. The van der Waals surface area contributed by atoms with Crippen LogP contribution in [-0.2, 0) is 4.79 Å². The lowest BCUT2D eigenvalue weighted by molar-refractivity contribution is -0.119. The van der Waals surface area contributed by atoms with Crippen molar-refractivity contribution in [1.82, 2.24) is 4.90 Å². The summed E-state index contributed by atoms with van der Waals surface area (Å²) in [6, 6.07) is 0.663. The molecule has 0 spiro atoms. The summed E-state index contributed by atoms with van der Waals surface area (Å²) in [5, 5.41) is 9.37. The first kappa shape index (κ1) is 12.9. The van der Waals surface area contributed by atoms with Gasteiger partial charge in [0, 0.05) is 12.6 Å². The molecule has 3 rings (SSSR count). The molecule has 1 saturated heterocycles. The van der Waals surface area contributed by atoms with Gasteiger partial charge in [0.05, 0.1) is 10.7 Å². The molecule has 0 saturated carbocycles. The van der Waals surface area contributed by atoms with Crippen molar-refractivity contribution in [2.75, 3.05) is 11.4 Å². The minimum absolute atomic E-state index is 0.176. The molecule has 7 heteroatoms. The molecule has 104 valence electrons. The summed E-state index contributed by atoms with van der Waals surface area (Å²) in [7, 11) is 0.